The van der Waals surface area contributed by atoms with Gasteiger partial charge in [-0.15, -0.1) is 0 Å². The standard InChI is InChI=1S/C23H20BrF3N8O2/c1-11-4-15(22(37)33-17-7-29-6-16(24)32-17)34(8-11)18(36)9-35-14-3-2-12(23(25,26)27)5-13(14)19-20(28)30-10-31-21(19)35/h2-3,5-7,10-11,15H,4,8-9H2,1H3,(H2,28,30,31)(H,32,33,37)/t11-,15-/m0/s1. The molecule has 0 spiro atoms. The van der Waals surface area contributed by atoms with Crippen LogP contribution in [-0.4, -0.2) is 53.8 Å². The number of carbonyl (C=O) groups excluding carboxylic acids is 2. The van der Waals surface area contributed by atoms with Crippen molar-refractivity contribution in [2.24, 2.45) is 5.92 Å². The number of nitrogens with one attached hydrogen (secondary N) is 1. The van der Waals surface area contributed by atoms with Gasteiger partial charge in [0.05, 0.1) is 28.9 Å². The third-order valence-electron chi connectivity index (χ3n) is 6.28. The Hall–Kier alpha value is -3.81. The quantitative estimate of drug-likeness (QED) is 0.379. The first kappa shape index (κ1) is 24.9. The van der Waals surface area contributed by atoms with Crippen molar-refractivity contribution in [3.05, 3.63) is 47.1 Å². The molecule has 192 valence electrons. The lowest BCUT2D eigenvalue weighted by atomic mass is 10.1. The summed E-state index contributed by atoms with van der Waals surface area (Å²) in [6.07, 6.45) is -0.0626. The highest BCUT2D eigenvalue weighted by Gasteiger charge is 2.38. The fourth-order valence-corrected chi connectivity index (χ4v) is 4.99. The lowest BCUT2D eigenvalue weighted by molar-refractivity contribution is -0.137. The highest BCUT2D eigenvalue weighted by molar-refractivity contribution is 9.10. The minimum atomic E-state index is -4.56. The number of hydrogen-bond donors (Lipinski definition) is 2. The van der Waals surface area contributed by atoms with Gasteiger partial charge in [-0.1, -0.05) is 6.92 Å². The maximum Gasteiger partial charge on any atom is 0.416 e. The molecule has 2 amide bonds. The Morgan fingerprint density at radius 1 is 1.24 bits per heavy atom. The predicted octanol–water partition coefficient (Wildman–Crippen LogP) is 3.61. The molecule has 10 nitrogen and oxygen atoms in total. The van der Waals surface area contributed by atoms with Gasteiger partial charge < -0.3 is 20.5 Å². The van der Waals surface area contributed by atoms with Gasteiger partial charge in [0.15, 0.2) is 5.82 Å². The summed E-state index contributed by atoms with van der Waals surface area (Å²) in [5, 5.41) is 3.11. The summed E-state index contributed by atoms with van der Waals surface area (Å²) in [7, 11) is 0. The zero-order valence-electron chi connectivity index (χ0n) is 19.3. The molecule has 3 N–H and O–H groups in total. The van der Waals surface area contributed by atoms with Crippen LogP contribution in [0.25, 0.3) is 21.9 Å². The van der Waals surface area contributed by atoms with Crippen LogP contribution in [0, 0.1) is 5.92 Å². The van der Waals surface area contributed by atoms with E-state index in [0.717, 1.165) is 12.1 Å². The molecule has 0 saturated carbocycles. The van der Waals surface area contributed by atoms with E-state index in [1.165, 1.54) is 34.3 Å². The summed E-state index contributed by atoms with van der Waals surface area (Å²) in [5.41, 5.74) is 5.73. The summed E-state index contributed by atoms with van der Waals surface area (Å²) in [6, 6.07) is 2.45. The minimum Gasteiger partial charge on any atom is -0.383 e. The predicted molar refractivity (Wildman–Crippen MR) is 132 cm³/mol. The van der Waals surface area contributed by atoms with E-state index >= 15 is 0 Å². The Morgan fingerprint density at radius 2 is 2.03 bits per heavy atom. The van der Waals surface area contributed by atoms with Crippen LogP contribution >= 0.6 is 15.9 Å². The largest absolute Gasteiger partial charge is 0.416 e. The number of anilines is 2. The van der Waals surface area contributed by atoms with E-state index in [-0.39, 0.29) is 46.4 Å². The van der Waals surface area contributed by atoms with E-state index in [1.807, 2.05) is 6.92 Å². The van der Waals surface area contributed by atoms with Gasteiger partial charge in [-0.25, -0.2) is 15.0 Å². The van der Waals surface area contributed by atoms with Crippen LogP contribution < -0.4 is 11.1 Å². The third kappa shape index (κ3) is 4.68. The van der Waals surface area contributed by atoms with Gasteiger partial charge in [0.1, 0.15) is 35.0 Å². The molecule has 1 aliphatic heterocycles. The minimum absolute atomic E-state index is 0.00250. The molecular weight excluding hydrogens is 557 g/mol. The fraction of sp³-hybridized carbons (Fsp3) is 0.304. The molecule has 0 unspecified atom stereocenters. The summed E-state index contributed by atoms with van der Waals surface area (Å²) < 4.78 is 42.1. The molecular formula is C23H20BrF3N8O2. The van der Waals surface area contributed by atoms with Gasteiger partial charge in [0, 0.05) is 11.9 Å². The Kier molecular flexibility index (Phi) is 6.22. The van der Waals surface area contributed by atoms with Gasteiger partial charge in [-0.3, -0.25) is 14.6 Å². The lowest BCUT2D eigenvalue weighted by Crippen LogP contribution is -2.44. The number of alkyl halides is 3. The Labute approximate surface area is 216 Å². The van der Waals surface area contributed by atoms with Crippen molar-refractivity contribution in [3.63, 3.8) is 0 Å². The van der Waals surface area contributed by atoms with Gasteiger partial charge in [0.2, 0.25) is 11.8 Å². The van der Waals surface area contributed by atoms with Crippen molar-refractivity contribution in [1.82, 2.24) is 29.4 Å². The van der Waals surface area contributed by atoms with Gasteiger partial charge in [-0.2, -0.15) is 13.2 Å². The normalized spacial score (nSPS) is 18.0. The molecule has 14 heteroatoms. The molecule has 0 aliphatic carbocycles. The molecule has 0 bridgehead atoms. The smallest absolute Gasteiger partial charge is 0.383 e. The molecule has 1 aliphatic rings. The van der Waals surface area contributed by atoms with E-state index in [9.17, 15) is 22.8 Å². The molecule has 0 radical (unpaired) electrons. The van der Waals surface area contributed by atoms with Crippen molar-refractivity contribution < 1.29 is 22.8 Å². The second kappa shape index (κ2) is 9.25. The molecule has 4 heterocycles. The highest BCUT2D eigenvalue weighted by Crippen LogP contribution is 2.36. The average molecular weight is 577 g/mol. The average Bonchev–Trinajstić information content (AvgIpc) is 3.37. The number of rotatable bonds is 4. The Bertz CT molecular complexity index is 1540. The molecule has 2 atom stereocenters. The van der Waals surface area contributed by atoms with Crippen LogP contribution in [0.15, 0.2) is 41.5 Å². The number of hydrogen-bond acceptors (Lipinski definition) is 7. The zero-order valence-corrected chi connectivity index (χ0v) is 20.9. The van der Waals surface area contributed by atoms with Crippen LogP contribution in [0.1, 0.15) is 18.9 Å². The number of nitrogens with two attached hydrogens (primary N) is 1. The number of halogens is 4. The number of benzene rings is 1. The van der Waals surface area contributed by atoms with Crippen molar-refractivity contribution in [2.45, 2.75) is 32.1 Å². The number of carbonyl (C=O) groups is 2. The highest BCUT2D eigenvalue weighted by atomic mass is 79.9. The van der Waals surface area contributed by atoms with Crippen LogP contribution in [0.4, 0.5) is 24.8 Å². The Morgan fingerprint density at radius 3 is 2.76 bits per heavy atom. The second-order valence-electron chi connectivity index (χ2n) is 8.89. The first-order valence-electron chi connectivity index (χ1n) is 11.2. The number of likely N-dealkylation sites (tertiary alicyclic amines) is 1. The number of amides is 2. The summed E-state index contributed by atoms with van der Waals surface area (Å²) in [6.45, 7) is 2.02. The van der Waals surface area contributed by atoms with Crippen LogP contribution in [0.2, 0.25) is 0 Å². The van der Waals surface area contributed by atoms with E-state index in [1.54, 1.807) is 0 Å². The van der Waals surface area contributed by atoms with Crippen molar-refractivity contribution in [2.75, 3.05) is 17.6 Å². The van der Waals surface area contributed by atoms with Crippen molar-refractivity contribution >= 4 is 61.3 Å². The van der Waals surface area contributed by atoms with Gasteiger partial charge in [0.25, 0.3) is 0 Å². The lowest BCUT2D eigenvalue weighted by Gasteiger charge is -2.24. The number of fused-ring (bicyclic) bond motifs is 3. The summed E-state index contributed by atoms with van der Waals surface area (Å²) >= 11 is 3.20. The zero-order chi connectivity index (χ0) is 26.5. The molecule has 1 aromatic carbocycles. The van der Waals surface area contributed by atoms with Crippen LogP contribution in [0.5, 0.6) is 0 Å². The van der Waals surface area contributed by atoms with E-state index in [0.29, 0.717) is 23.1 Å². The molecule has 1 saturated heterocycles. The van der Waals surface area contributed by atoms with Gasteiger partial charge >= 0.3 is 6.18 Å². The van der Waals surface area contributed by atoms with Crippen molar-refractivity contribution in [1.29, 1.82) is 0 Å². The number of nitrogen functional groups attached to an aromatic ring is 1. The SMILES string of the molecule is C[C@H]1C[C@@H](C(=O)Nc2cncc(Br)n2)N(C(=O)Cn2c3ccc(C(F)(F)F)cc3c3c(N)ncnc32)C1. The van der Waals surface area contributed by atoms with Crippen LogP contribution in [-0.2, 0) is 22.3 Å². The number of nitrogens with zero attached hydrogens (tertiary/aromatic N) is 6. The van der Waals surface area contributed by atoms with E-state index in [4.69, 9.17) is 5.73 Å². The Balaban J connectivity index is 1.48. The van der Waals surface area contributed by atoms with Crippen molar-refractivity contribution in [3.8, 4) is 0 Å². The van der Waals surface area contributed by atoms with E-state index < -0.39 is 23.7 Å². The molecule has 37 heavy (non-hydrogen) atoms. The van der Waals surface area contributed by atoms with E-state index in [2.05, 4.69) is 41.2 Å². The monoisotopic (exact) mass is 576 g/mol. The topological polar surface area (TPSA) is 132 Å². The summed E-state index contributed by atoms with van der Waals surface area (Å²) in [5.74, 6) is -0.503. The molecule has 4 aromatic rings. The fourth-order valence-electron chi connectivity index (χ4n) is 4.68. The number of aromatic nitrogens is 5. The first-order chi connectivity index (χ1) is 17.5. The second-order valence-corrected chi connectivity index (χ2v) is 9.70. The molecule has 1 fully saturated rings. The maximum absolute atomic E-state index is 13.5. The third-order valence-corrected chi connectivity index (χ3v) is 6.66. The first-order valence-corrected chi connectivity index (χ1v) is 12.0. The summed E-state index contributed by atoms with van der Waals surface area (Å²) in [4.78, 5) is 44.3. The van der Waals surface area contributed by atoms with Gasteiger partial charge in [-0.05, 0) is 46.5 Å². The molecule has 5 rings (SSSR count). The molecule has 3 aromatic heterocycles. The maximum atomic E-state index is 13.5. The van der Waals surface area contributed by atoms with Crippen LogP contribution in [0.3, 0.4) is 0 Å².